The lowest BCUT2D eigenvalue weighted by Gasteiger charge is -2.32. The highest BCUT2D eigenvalue weighted by Crippen LogP contribution is 2.55. The maximum atomic E-state index is 15.1. The number of carbonyl (C=O) groups is 2. The Hall–Kier alpha value is -4.55. The van der Waals surface area contributed by atoms with Gasteiger partial charge in [0, 0.05) is 26.9 Å². The van der Waals surface area contributed by atoms with E-state index in [2.05, 4.69) is 10.2 Å². The highest BCUT2D eigenvalue weighted by Gasteiger charge is 2.66. The van der Waals surface area contributed by atoms with E-state index in [1.165, 1.54) is 27.6 Å². The smallest absolute Gasteiger partial charge is 0.297 e. The van der Waals surface area contributed by atoms with Gasteiger partial charge < -0.3 is 9.32 Å². The summed E-state index contributed by atoms with van der Waals surface area (Å²) in [4.78, 5) is 46.8. The summed E-state index contributed by atoms with van der Waals surface area (Å²) in [5, 5.41) is 10.0. The Morgan fingerprint density at radius 2 is 1.73 bits per heavy atom. The number of halogens is 3. The fourth-order valence-corrected chi connectivity index (χ4v) is 8.81. The Morgan fingerprint density at radius 3 is 2.54 bits per heavy atom. The molecule has 2 amide bonds. The molecule has 4 aromatic carbocycles. The van der Waals surface area contributed by atoms with Crippen LogP contribution in [0.25, 0.3) is 11.0 Å². The first-order valence-electron chi connectivity index (χ1n) is 14.7. The van der Waals surface area contributed by atoms with Gasteiger partial charge in [0.15, 0.2) is 15.3 Å². The molecule has 1 unspecified atom stereocenters. The molecule has 13 heteroatoms. The summed E-state index contributed by atoms with van der Waals surface area (Å²) in [6.07, 6.45) is 0. The number of carbonyl (C=O) groups excluding carboxylic acids is 2. The van der Waals surface area contributed by atoms with E-state index in [1.807, 2.05) is 13.0 Å². The molecule has 1 spiro atoms. The van der Waals surface area contributed by atoms with Gasteiger partial charge in [0.25, 0.3) is 11.8 Å². The van der Waals surface area contributed by atoms with Crippen molar-refractivity contribution in [1.82, 2.24) is 10.2 Å². The lowest BCUT2D eigenvalue weighted by Crippen LogP contribution is -2.53. The monoisotopic (exact) mass is 714 g/mol. The third kappa shape index (κ3) is 4.60. The molecule has 6 aromatic rings. The molecule has 8 rings (SSSR count). The van der Waals surface area contributed by atoms with Crippen molar-refractivity contribution in [3.63, 3.8) is 0 Å². The third-order valence-electron chi connectivity index (χ3n) is 8.52. The highest BCUT2D eigenvalue weighted by atomic mass is 35.5. The van der Waals surface area contributed by atoms with Crippen LogP contribution in [-0.4, -0.2) is 22.0 Å². The summed E-state index contributed by atoms with van der Waals surface area (Å²) in [5.41, 5.74) is 0.283. The Morgan fingerprint density at radius 1 is 0.938 bits per heavy atom. The fraction of sp³-hybridized carbons (Fsp3) is 0.114. The minimum atomic E-state index is -1.99. The van der Waals surface area contributed by atoms with Crippen molar-refractivity contribution in [3.8, 4) is 0 Å². The maximum absolute atomic E-state index is 15.1. The van der Waals surface area contributed by atoms with Crippen molar-refractivity contribution >= 4 is 79.9 Å². The first kappa shape index (κ1) is 30.8. The van der Waals surface area contributed by atoms with E-state index < -0.39 is 28.6 Å². The quantitative estimate of drug-likeness (QED) is 0.127. The molecule has 0 N–H and O–H groups in total. The summed E-state index contributed by atoms with van der Waals surface area (Å²) >= 11 is 14.9. The molecular weight excluding hydrogens is 694 g/mol. The average molecular weight is 716 g/mol. The Kier molecular flexibility index (Phi) is 7.40. The highest BCUT2D eigenvalue weighted by molar-refractivity contribution is 8.00. The van der Waals surface area contributed by atoms with Gasteiger partial charge in [-0.2, -0.15) is 0 Å². The standard InChI is InChI=1S/C35H21Cl2FN4O4S2/c1-18-10-13-27-22(14-18)29(43)28-30(46-27)31(44)42(33-39-40-34(48-33)47-17-20-11-12-21(36)15-24(20)37)35(28)23-7-3-5-9-26(23)41(32(35)45)16-19-6-2-4-8-25(19)38/h2-15H,16-17H2,1H3. The van der Waals surface area contributed by atoms with E-state index in [0.29, 0.717) is 31.4 Å². The molecule has 8 nitrogen and oxygen atoms in total. The summed E-state index contributed by atoms with van der Waals surface area (Å²) in [6, 6.07) is 23.3. The zero-order valence-electron chi connectivity index (χ0n) is 24.9. The van der Waals surface area contributed by atoms with Crippen molar-refractivity contribution in [2.45, 2.75) is 29.1 Å². The van der Waals surface area contributed by atoms with Crippen LogP contribution in [0, 0.1) is 12.7 Å². The SMILES string of the molecule is Cc1ccc2oc3c(c(=O)c2c1)C1(C(=O)N(Cc2ccccc2F)c2ccccc21)N(c1nnc(SCc2ccc(Cl)cc2Cl)s1)C3=O. The molecule has 2 aliphatic rings. The zero-order chi connectivity index (χ0) is 33.3. The largest absolute Gasteiger partial charge is 0.450 e. The topological polar surface area (TPSA) is 96.6 Å². The Bertz CT molecular complexity index is 2400. The number of rotatable bonds is 6. The normalized spacial score (nSPS) is 16.8. The van der Waals surface area contributed by atoms with Gasteiger partial charge in [-0.1, -0.05) is 100 Å². The van der Waals surface area contributed by atoms with Crippen LogP contribution < -0.4 is 15.2 Å². The van der Waals surface area contributed by atoms with Crippen LogP contribution in [-0.2, 0) is 22.6 Å². The number of hydrogen-bond acceptors (Lipinski definition) is 8. The second kappa shape index (κ2) is 11.6. The number of aryl methyl sites for hydroxylation is 1. The molecule has 1 atom stereocenters. The van der Waals surface area contributed by atoms with Gasteiger partial charge in [0.1, 0.15) is 11.4 Å². The van der Waals surface area contributed by atoms with Crippen LogP contribution >= 0.6 is 46.3 Å². The summed E-state index contributed by atoms with van der Waals surface area (Å²) in [6.45, 7) is 1.70. The van der Waals surface area contributed by atoms with Gasteiger partial charge >= 0.3 is 0 Å². The maximum Gasteiger partial charge on any atom is 0.297 e. The molecule has 2 aromatic heterocycles. The predicted octanol–water partition coefficient (Wildman–Crippen LogP) is 8.14. The number of para-hydroxylation sites is 1. The molecule has 0 aliphatic carbocycles. The molecular formula is C35H21Cl2FN4O4S2. The van der Waals surface area contributed by atoms with E-state index in [-0.39, 0.29) is 39.5 Å². The molecule has 4 heterocycles. The lowest BCUT2D eigenvalue weighted by atomic mass is 9.84. The van der Waals surface area contributed by atoms with Crippen LogP contribution in [0.2, 0.25) is 10.0 Å². The summed E-state index contributed by atoms with van der Waals surface area (Å²) in [5.74, 6) is -1.64. The third-order valence-corrected chi connectivity index (χ3v) is 11.2. The van der Waals surface area contributed by atoms with Crippen molar-refractivity contribution in [1.29, 1.82) is 0 Å². The fourth-order valence-electron chi connectivity index (χ4n) is 6.36. The number of hydrogen-bond donors (Lipinski definition) is 0. The number of aromatic nitrogens is 2. The molecule has 2 aliphatic heterocycles. The van der Waals surface area contributed by atoms with Crippen LogP contribution in [0.4, 0.5) is 15.2 Å². The zero-order valence-corrected chi connectivity index (χ0v) is 28.0. The predicted molar refractivity (Wildman–Crippen MR) is 185 cm³/mol. The minimum Gasteiger partial charge on any atom is -0.450 e. The first-order valence-corrected chi connectivity index (χ1v) is 17.2. The molecule has 0 radical (unpaired) electrons. The van der Waals surface area contributed by atoms with E-state index in [9.17, 15) is 14.0 Å². The minimum absolute atomic E-state index is 0.0895. The van der Waals surface area contributed by atoms with Gasteiger partial charge in [-0.05, 0) is 48.9 Å². The number of fused-ring (bicyclic) bond motifs is 5. The van der Waals surface area contributed by atoms with E-state index in [4.69, 9.17) is 27.6 Å². The number of benzene rings is 4. The van der Waals surface area contributed by atoms with E-state index in [0.717, 1.165) is 22.5 Å². The number of thioether (sulfide) groups is 1. The van der Waals surface area contributed by atoms with Gasteiger partial charge in [-0.15, -0.1) is 10.2 Å². The van der Waals surface area contributed by atoms with Crippen LogP contribution in [0.1, 0.15) is 38.4 Å². The van der Waals surface area contributed by atoms with Gasteiger partial charge in [-0.3, -0.25) is 19.3 Å². The second-order valence-electron chi connectivity index (χ2n) is 11.4. The average Bonchev–Trinajstić information content (AvgIpc) is 3.71. The Labute approximate surface area is 290 Å². The van der Waals surface area contributed by atoms with Crippen LogP contribution in [0.5, 0.6) is 0 Å². The summed E-state index contributed by atoms with van der Waals surface area (Å²) in [7, 11) is 0. The van der Waals surface area contributed by atoms with Crippen molar-refractivity contribution in [3.05, 3.63) is 145 Å². The van der Waals surface area contributed by atoms with E-state index >= 15 is 4.79 Å². The van der Waals surface area contributed by atoms with Gasteiger partial charge in [-0.25, -0.2) is 4.39 Å². The first-order chi connectivity index (χ1) is 23.2. The van der Waals surface area contributed by atoms with Crippen LogP contribution in [0.3, 0.4) is 0 Å². The number of nitrogens with zero attached hydrogens (tertiary/aromatic N) is 4. The van der Waals surface area contributed by atoms with Crippen molar-refractivity contribution < 1.29 is 18.4 Å². The number of amides is 2. The van der Waals surface area contributed by atoms with Gasteiger partial charge in [0.05, 0.1) is 23.2 Å². The second-order valence-corrected chi connectivity index (χ2v) is 14.4. The molecule has 48 heavy (non-hydrogen) atoms. The molecule has 0 bridgehead atoms. The molecule has 0 saturated carbocycles. The number of anilines is 2. The Balaban J connectivity index is 1.32. The van der Waals surface area contributed by atoms with Crippen molar-refractivity contribution in [2.75, 3.05) is 9.80 Å². The van der Waals surface area contributed by atoms with Gasteiger partial charge in [0.2, 0.25) is 10.9 Å². The molecule has 238 valence electrons. The molecule has 0 saturated heterocycles. The lowest BCUT2D eigenvalue weighted by molar-refractivity contribution is -0.121. The van der Waals surface area contributed by atoms with Crippen LogP contribution in [0.15, 0.2) is 98.5 Å². The molecule has 0 fully saturated rings. The van der Waals surface area contributed by atoms with Crippen molar-refractivity contribution in [2.24, 2.45) is 0 Å². The van der Waals surface area contributed by atoms with E-state index in [1.54, 1.807) is 72.8 Å². The summed E-state index contributed by atoms with van der Waals surface area (Å²) < 4.78 is 21.6.